The van der Waals surface area contributed by atoms with E-state index in [4.69, 9.17) is 4.74 Å². The minimum atomic E-state index is 0.153. The zero-order valence-corrected chi connectivity index (χ0v) is 13.1. The summed E-state index contributed by atoms with van der Waals surface area (Å²) in [7, 11) is 0. The van der Waals surface area contributed by atoms with Crippen molar-refractivity contribution in [2.24, 2.45) is 0 Å². The maximum absolute atomic E-state index is 9.91. The molecular weight excluding hydrogens is 304 g/mol. The van der Waals surface area contributed by atoms with Crippen LogP contribution >= 0.6 is 0 Å². The second-order valence-corrected chi connectivity index (χ2v) is 5.68. The highest BCUT2D eigenvalue weighted by Crippen LogP contribution is 2.24. The molecule has 0 atom stereocenters. The lowest BCUT2D eigenvalue weighted by atomic mass is 10.2. The number of phenolic OH excluding ortho intramolecular Hbond substituents is 1. The van der Waals surface area contributed by atoms with Gasteiger partial charge in [-0.05, 0) is 30.3 Å². The molecule has 0 aliphatic carbocycles. The Morgan fingerprint density at radius 3 is 2.62 bits per heavy atom. The third-order valence-electron chi connectivity index (χ3n) is 4.09. The molecule has 0 unspecified atom stereocenters. The van der Waals surface area contributed by atoms with Crippen LogP contribution in [0.3, 0.4) is 0 Å². The molecule has 0 amide bonds. The van der Waals surface area contributed by atoms with Crippen molar-refractivity contribution in [3.8, 4) is 5.75 Å². The number of ether oxygens (including phenoxy) is 1. The molecule has 0 saturated carbocycles. The molecule has 1 aromatic heterocycles. The second kappa shape index (κ2) is 6.33. The van der Waals surface area contributed by atoms with Crippen LogP contribution in [0.25, 0.3) is 10.9 Å². The van der Waals surface area contributed by atoms with Gasteiger partial charge < -0.3 is 20.1 Å². The Morgan fingerprint density at radius 1 is 1.04 bits per heavy atom. The number of phenols is 1. The highest BCUT2D eigenvalue weighted by molar-refractivity contribution is 5.84. The number of fused-ring (bicyclic) bond motifs is 1. The fraction of sp³-hybridized carbons (Fsp3) is 0.222. The molecule has 2 aromatic carbocycles. The fourth-order valence-electron chi connectivity index (χ4n) is 2.81. The molecule has 6 heteroatoms. The molecule has 1 saturated heterocycles. The van der Waals surface area contributed by atoms with Gasteiger partial charge in [0.05, 0.1) is 13.2 Å². The number of hydrogen-bond acceptors (Lipinski definition) is 6. The van der Waals surface area contributed by atoms with Crippen molar-refractivity contribution in [3.05, 3.63) is 48.7 Å². The summed E-state index contributed by atoms with van der Waals surface area (Å²) < 4.78 is 5.38. The number of para-hydroxylation sites is 1. The lowest BCUT2D eigenvalue weighted by Gasteiger charge is -2.28. The molecule has 2 N–H and O–H groups in total. The van der Waals surface area contributed by atoms with Crippen LogP contribution in [-0.4, -0.2) is 41.4 Å². The lowest BCUT2D eigenvalue weighted by Crippen LogP contribution is -2.36. The quantitative estimate of drug-likeness (QED) is 0.772. The number of morpholine rings is 1. The normalized spacial score (nSPS) is 14.8. The molecule has 1 aliphatic heterocycles. The SMILES string of the molecule is Oc1cccc2cnc(Nc3ccc(N4CCOCC4)cc3)nc12. The monoisotopic (exact) mass is 322 g/mol. The number of nitrogens with zero attached hydrogens (tertiary/aromatic N) is 3. The summed E-state index contributed by atoms with van der Waals surface area (Å²) in [6, 6.07) is 13.4. The van der Waals surface area contributed by atoms with E-state index in [0.29, 0.717) is 11.5 Å². The first-order valence-corrected chi connectivity index (χ1v) is 7.94. The van der Waals surface area contributed by atoms with Gasteiger partial charge in [-0.15, -0.1) is 0 Å². The molecule has 1 aliphatic rings. The predicted octanol–water partition coefficient (Wildman–Crippen LogP) is 2.92. The van der Waals surface area contributed by atoms with E-state index in [9.17, 15) is 5.11 Å². The summed E-state index contributed by atoms with van der Waals surface area (Å²) in [4.78, 5) is 11.0. The molecule has 0 bridgehead atoms. The van der Waals surface area contributed by atoms with Crippen LogP contribution in [-0.2, 0) is 4.74 Å². The van der Waals surface area contributed by atoms with E-state index >= 15 is 0 Å². The van der Waals surface area contributed by atoms with Crippen molar-refractivity contribution in [1.29, 1.82) is 0 Å². The highest BCUT2D eigenvalue weighted by atomic mass is 16.5. The largest absolute Gasteiger partial charge is 0.506 e. The van der Waals surface area contributed by atoms with Gasteiger partial charge in [-0.2, -0.15) is 0 Å². The smallest absolute Gasteiger partial charge is 0.227 e. The number of rotatable bonds is 3. The van der Waals surface area contributed by atoms with Crippen LogP contribution in [0.1, 0.15) is 0 Å². The lowest BCUT2D eigenvalue weighted by molar-refractivity contribution is 0.122. The average molecular weight is 322 g/mol. The molecular formula is C18H18N4O2. The third kappa shape index (κ3) is 2.96. The van der Waals surface area contributed by atoms with E-state index in [2.05, 4.69) is 32.3 Å². The first kappa shape index (κ1) is 14.7. The van der Waals surface area contributed by atoms with Crippen molar-refractivity contribution in [2.45, 2.75) is 0 Å². The van der Waals surface area contributed by atoms with Crippen molar-refractivity contribution >= 4 is 28.2 Å². The average Bonchev–Trinajstić information content (AvgIpc) is 2.64. The number of benzene rings is 2. The van der Waals surface area contributed by atoms with E-state index in [1.807, 2.05) is 18.2 Å². The summed E-state index contributed by atoms with van der Waals surface area (Å²) in [5.74, 6) is 0.615. The van der Waals surface area contributed by atoms with Gasteiger partial charge in [0.15, 0.2) is 0 Å². The number of hydrogen-bond donors (Lipinski definition) is 2. The van der Waals surface area contributed by atoms with Gasteiger partial charge in [0.1, 0.15) is 11.3 Å². The summed E-state index contributed by atoms with van der Waals surface area (Å²) in [6.07, 6.45) is 1.70. The van der Waals surface area contributed by atoms with Gasteiger partial charge in [-0.1, -0.05) is 12.1 Å². The first-order chi connectivity index (χ1) is 11.8. The molecule has 0 spiro atoms. The molecule has 0 radical (unpaired) electrons. The Balaban J connectivity index is 1.53. The highest BCUT2D eigenvalue weighted by Gasteiger charge is 2.11. The minimum absolute atomic E-state index is 0.153. The molecule has 2 heterocycles. The van der Waals surface area contributed by atoms with Crippen molar-refractivity contribution in [3.63, 3.8) is 0 Å². The molecule has 4 rings (SSSR count). The number of anilines is 3. The molecule has 6 nitrogen and oxygen atoms in total. The Labute approximate surface area is 139 Å². The van der Waals surface area contributed by atoms with E-state index in [0.717, 1.165) is 37.4 Å². The van der Waals surface area contributed by atoms with Crippen LogP contribution < -0.4 is 10.2 Å². The van der Waals surface area contributed by atoms with Crippen LogP contribution in [0, 0.1) is 0 Å². The van der Waals surface area contributed by atoms with Gasteiger partial charge >= 0.3 is 0 Å². The Bertz CT molecular complexity index is 845. The molecule has 24 heavy (non-hydrogen) atoms. The van der Waals surface area contributed by atoms with Gasteiger partial charge in [0.25, 0.3) is 0 Å². The predicted molar refractivity (Wildman–Crippen MR) is 94.0 cm³/mol. The summed E-state index contributed by atoms with van der Waals surface area (Å²) in [6.45, 7) is 3.38. The first-order valence-electron chi connectivity index (χ1n) is 7.94. The molecule has 122 valence electrons. The van der Waals surface area contributed by atoms with Gasteiger partial charge in [0, 0.05) is 36.0 Å². The maximum atomic E-state index is 9.91. The standard InChI is InChI=1S/C18H18N4O2/c23-16-3-1-2-13-12-19-18(21-17(13)16)20-14-4-6-15(7-5-14)22-8-10-24-11-9-22/h1-7,12,23H,8-11H2,(H,19,20,21). The molecule has 1 fully saturated rings. The van der Waals surface area contributed by atoms with Crippen molar-refractivity contribution < 1.29 is 9.84 Å². The van der Waals surface area contributed by atoms with Crippen LogP contribution in [0.15, 0.2) is 48.7 Å². The van der Waals surface area contributed by atoms with Crippen molar-refractivity contribution in [1.82, 2.24) is 9.97 Å². The van der Waals surface area contributed by atoms with Gasteiger partial charge in [0.2, 0.25) is 5.95 Å². The minimum Gasteiger partial charge on any atom is -0.506 e. The van der Waals surface area contributed by atoms with E-state index in [1.54, 1.807) is 18.3 Å². The Morgan fingerprint density at radius 2 is 1.83 bits per heavy atom. The summed E-state index contributed by atoms with van der Waals surface area (Å²) in [5, 5.41) is 13.9. The van der Waals surface area contributed by atoms with Crippen LogP contribution in [0.2, 0.25) is 0 Å². The summed E-state index contributed by atoms with van der Waals surface area (Å²) in [5.41, 5.74) is 2.63. The van der Waals surface area contributed by atoms with E-state index in [1.165, 1.54) is 5.69 Å². The number of aromatic nitrogens is 2. The number of aromatic hydroxyl groups is 1. The maximum Gasteiger partial charge on any atom is 0.227 e. The molecule has 3 aromatic rings. The zero-order chi connectivity index (χ0) is 16.4. The Kier molecular flexibility index (Phi) is 3.88. The second-order valence-electron chi connectivity index (χ2n) is 5.68. The topological polar surface area (TPSA) is 70.5 Å². The summed E-state index contributed by atoms with van der Waals surface area (Å²) >= 11 is 0. The van der Waals surface area contributed by atoms with Gasteiger partial charge in [-0.3, -0.25) is 0 Å². The zero-order valence-electron chi connectivity index (χ0n) is 13.1. The van der Waals surface area contributed by atoms with Gasteiger partial charge in [-0.25, -0.2) is 9.97 Å². The Hall–Kier alpha value is -2.86. The van der Waals surface area contributed by atoms with E-state index < -0.39 is 0 Å². The van der Waals surface area contributed by atoms with Crippen LogP contribution in [0.4, 0.5) is 17.3 Å². The van der Waals surface area contributed by atoms with Crippen molar-refractivity contribution in [2.75, 3.05) is 36.5 Å². The van der Waals surface area contributed by atoms with E-state index in [-0.39, 0.29) is 5.75 Å². The number of nitrogens with one attached hydrogen (secondary N) is 1. The fourth-order valence-corrected chi connectivity index (χ4v) is 2.81. The van der Waals surface area contributed by atoms with Crippen LogP contribution in [0.5, 0.6) is 5.75 Å². The third-order valence-corrected chi connectivity index (χ3v) is 4.09.